The summed E-state index contributed by atoms with van der Waals surface area (Å²) in [6, 6.07) is 10.1. The number of carbonyl (C=O) groups is 1. The zero-order chi connectivity index (χ0) is 15.9. The molecule has 2 heterocycles. The second-order valence-electron chi connectivity index (χ2n) is 6.31. The fourth-order valence-corrected chi connectivity index (χ4v) is 4.10. The van der Waals surface area contributed by atoms with Gasteiger partial charge in [-0.2, -0.15) is 0 Å². The lowest BCUT2D eigenvalue weighted by Crippen LogP contribution is -3.16. The van der Waals surface area contributed by atoms with E-state index in [-0.39, 0.29) is 5.91 Å². The summed E-state index contributed by atoms with van der Waals surface area (Å²) < 4.78 is 0. The van der Waals surface area contributed by atoms with Crippen molar-refractivity contribution in [2.24, 2.45) is 0 Å². The lowest BCUT2D eigenvalue weighted by molar-refractivity contribution is -0.935. The summed E-state index contributed by atoms with van der Waals surface area (Å²) in [4.78, 5) is 17.7. The Hall–Kier alpha value is -1.65. The van der Waals surface area contributed by atoms with Gasteiger partial charge in [-0.3, -0.25) is 9.69 Å². The van der Waals surface area contributed by atoms with Crippen LogP contribution in [0.4, 0.5) is 5.00 Å². The first-order valence-electron chi connectivity index (χ1n) is 7.79. The maximum atomic E-state index is 13.0. The molecule has 1 N–H and O–H groups in total. The van der Waals surface area contributed by atoms with Gasteiger partial charge < -0.3 is 4.90 Å². The van der Waals surface area contributed by atoms with Gasteiger partial charge in [0.2, 0.25) is 0 Å². The summed E-state index contributed by atoms with van der Waals surface area (Å²) >= 11 is 1.75. The molecule has 0 radical (unpaired) electrons. The van der Waals surface area contributed by atoms with E-state index in [1.807, 2.05) is 35.2 Å². The standard InChI is InChI=1S/C18H22N2OS/c1-12(2)19-10-16-13(3)14(4)22-18(16)20(11-19)17(21)15-8-6-5-7-9-15/h5-9,12H,10-11H2,1-4H3/p+1. The molecule has 116 valence electrons. The lowest BCUT2D eigenvalue weighted by atomic mass is 10.1. The fraction of sp³-hybridized carbons (Fsp3) is 0.389. The number of carbonyl (C=O) groups excluding carboxylic acids is 1. The Morgan fingerprint density at radius 2 is 1.91 bits per heavy atom. The molecule has 0 aliphatic carbocycles. The molecule has 0 fully saturated rings. The Balaban J connectivity index is 2.03. The average Bonchev–Trinajstić information content (AvgIpc) is 2.82. The van der Waals surface area contributed by atoms with Crippen molar-refractivity contribution >= 4 is 22.2 Å². The van der Waals surface area contributed by atoms with E-state index < -0.39 is 0 Å². The van der Waals surface area contributed by atoms with Crippen LogP contribution in [0.3, 0.4) is 0 Å². The van der Waals surface area contributed by atoms with Crippen LogP contribution in [0.1, 0.15) is 40.2 Å². The first kappa shape index (κ1) is 15.3. The molecule has 3 nitrogen and oxygen atoms in total. The Morgan fingerprint density at radius 1 is 1.23 bits per heavy atom. The number of hydrogen-bond acceptors (Lipinski definition) is 2. The third kappa shape index (κ3) is 2.57. The van der Waals surface area contributed by atoms with Gasteiger partial charge in [0.15, 0.2) is 6.67 Å². The van der Waals surface area contributed by atoms with Gasteiger partial charge in [0.25, 0.3) is 5.91 Å². The predicted octanol–water partition coefficient (Wildman–Crippen LogP) is 2.78. The van der Waals surface area contributed by atoms with Crippen molar-refractivity contribution in [3.05, 3.63) is 51.9 Å². The molecule has 1 aromatic carbocycles. The smallest absolute Gasteiger partial charge is 0.263 e. The molecule has 1 unspecified atom stereocenters. The zero-order valence-corrected chi connectivity index (χ0v) is 14.5. The largest absolute Gasteiger partial charge is 0.312 e. The summed E-state index contributed by atoms with van der Waals surface area (Å²) in [5, 5.41) is 1.15. The Labute approximate surface area is 136 Å². The van der Waals surface area contributed by atoms with Crippen LogP contribution in [0.5, 0.6) is 0 Å². The van der Waals surface area contributed by atoms with Gasteiger partial charge in [-0.05, 0) is 45.4 Å². The molecular formula is C18H23N2OS+. The third-order valence-electron chi connectivity index (χ3n) is 4.58. The topological polar surface area (TPSA) is 24.8 Å². The molecule has 2 aromatic rings. The van der Waals surface area contributed by atoms with Crippen LogP contribution < -0.4 is 9.80 Å². The molecule has 0 saturated carbocycles. The van der Waals surface area contributed by atoms with Crippen LogP contribution in [0.25, 0.3) is 0 Å². The van der Waals surface area contributed by atoms with E-state index in [0.717, 1.165) is 23.8 Å². The zero-order valence-electron chi connectivity index (χ0n) is 13.6. The van der Waals surface area contributed by atoms with Gasteiger partial charge in [-0.25, -0.2) is 0 Å². The van der Waals surface area contributed by atoms with Crippen molar-refractivity contribution in [1.29, 1.82) is 0 Å². The van der Waals surface area contributed by atoms with Crippen LogP contribution in [0.15, 0.2) is 30.3 Å². The molecule has 1 amide bonds. The van der Waals surface area contributed by atoms with Crippen molar-refractivity contribution < 1.29 is 9.69 Å². The first-order chi connectivity index (χ1) is 10.5. The Morgan fingerprint density at radius 3 is 2.55 bits per heavy atom. The van der Waals surface area contributed by atoms with Gasteiger partial charge in [0.05, 0.1) is 6.04 Å². The van der Waals surface area contributed by atoms with Crippen LogP contribution in [-0.4, -0.2) is 18.6 Å². The van der Waals surface area contributed by atoms with Crippen LogP contribution in [0, 0.1) is 13.8 Å². The number of hydrogen-bond donors (Lipinski definition) is 1. The highest BCUT2D eigenvalue weighted by atomic mass is 32.1. The highest BCUT2D eigenvalue weighted by Crippen LogP contribution is 2.36. The van der Waals surface area contributed by atoms with Crippen LogP contribution in [0.2, 0.25) is 0 Å². The van der Waals surface area contributed by atoms with Gasteiger partial charge in [-0.15, -0.1) is 11.3 Å². The molecular weight excluding hydrogens is 292 g/mol. The monoisotopic (exact) mass is 315 g/mol. The van der Waals surface area contributed by atoms with Gasteiger partial charge >= 0.3 is 0 Å². The summed E-state index contributed by atoms with van der Waals surface area (Å²) in [5.41, 5.74) is 3.47. The minimum absolute atomic E-state index is 0.112. The molecule has 3 rings (SSSR count). The lowest BCUT2D eigenvalue weighted by Gasteiger charge is -2.35. The molecule has 0 spiro atoms. The molecule has 1 atom stereocenters. The minimum atomic E-state index is 0.112. The van der Waals surface area contributed by atoms with E-state index in [4.69, 9.17) is 0 Å². The van der Waals surface area contributed by atoms with Crippen molar-refractivity contribution in [3.8, 4) is 0 Å². The van der Waals surface area contributed by atoms with E-state index in [9.17, 15) is 4.79 Å². The van der Waals surface area contributed by atoms with E-state index in [1.165, 1.54) is 20.9 Å². The summed E-state index contributed by atoms with van der Waals surface area (Å²) in [6.45, 7) is 10.5. The number of thiophene rings is 1. The van der Waals surface area contributed by atoms with E-state index in [0.29, 0.717) is 6.04 Å². The van der Waals surface area contributed by atoms with Gasteiger partial charge in [0.1, 0.15) is 11.5 Å². The van der Waals surface area contributed by atoms with Crippen molar-refractivity contribution in [3.63, 3.8) is 0 Å². The minimum Gasteiger partial charge on any atom is -0.312 e. The summed E-state index contributed by atoms with van der Waals surface area (Å²) in [5.74, 6) is 0.112. The highest BCUT2D eigenvalue weighted by molar-refractivity contribution is 7.16. The van der Waals surface area contributed by atoms with E-state index >= 15 is 0 Å². The molecule has 1 aliphatic heterocycles. The predicted molar refractivity (Wildman–Crippen MR) is 91.7 cm³/mol. The number of benzene rings is 1. The number of nitrogens with zero attached hydrogens (tertiary/aromatic N) is 1. The number of aryl methyl sites for hydroxylation is 1. The highest BCUT2D eigenvalue weighted by Gasteiger charge is 2.34. The molecule has 1 aromatic heterocycles. The quantitative estimate of drug-likeness (QED) is 0.905. The van der Waals surface area contributed by atoms with E-state index in [2.05, 4.69) is 27.7 Å². The number of rotatable bonds is 2. The third-order valence-corrected chi connectivity index (χ3v) is 5.85. The number of anilines is 1. The van der Waals surface area contributed by atoms with E-state index in [1.54, 1.807) is 11.3 Å². The fourth-order valence-electron chi connectivity index (χ4n) is 2.93. The second-order valence-corrected chi connectivity index (χ2v) is 7.52. The van der Waals surface area contributed by atoms with Crippen LogP contribution >= 0.6 is 11.3 Å². The SMILES string of the molecule is Cc1sc2c(c1C)C[NH+](C(C)C)CN2C(=O)c1ccccc1. The maximum absolute atomic E-state index is 13.0. The maximum Gasteiger partial charge on any atom is 0.263 e. The number of quaternary nitrogens is 1. The molecule has 22 heavy (non-hydrogen) atoms. The Bertz CT molecular complexity index is 691. The Kier molecular flexibility index (Phi) is 4.06. The number of amides is 1. The normalized spacial score (nSPS) is 17.7. The van der Waals surface area contributed by atoms with Crippen LogP contribution in [-0.2, 0) is 6.54 Å². The second kappa shape index (κ2) is 5.86. The number of fused-ring (bicyclic) bond motifs is 1. The van der Waals surface area contributed by atoms with Gasteiger partial charge in [-0.1, -0.05) is 18.2 Å². The molecule has 0 bridgehead atoms. The molecule has 4 heteroatoms. The van der Waals surface area contributed by atoms with Gasteiger partial charge in [0, 0.05) is 16.0 Å². The molecule has 0 saturated heterocycles. The first-order valence-corrected chi connectivity index (χ1v) is 8.61. The molecule has 1 aliphatic rings. The number of nitrogens with one attached hydrogen (secondary N) is 1. The van der Waals surface area contributed by atoms with Crippen molar-refractivity contribution in [2.45, 2.75) is 40.3 Å². The summed E-state index contributed by atoms with van der Waals surface area (Å²) in [6.07, 6.45) is 0. The average molecular weight is 315 g/mol. The van der Waals surface area contributed by atoms with Crippen molar-refractivity contribution in [2.75, 3.05) is 11.6 Å². The van der Waals surface area contributed by atoms with Crippen molar-refractivity contribution in [1.82, 2.24) is 0 Å². The summed E-state index contributed by atoms with van der Waals surface area (Å²) in [7, 11) is 0.